The molecule has 0 aliphatic rings. The van der Waals surface area contributed by atoms with E-state index in [1.807, 2.05) is 26.0 Å². The van der Waals surface area contributed by atoms with Crippen LogP contribution in [-0.4, -0.2) is 9.97 Å². The maximum atomic E-state index is 5.95. The zero-order chi connectivity index (χ0) is 14.0. The van der Waals surface area contributed by atoms with Gasteiger partial charge in [0.1, 0.15) is 5.75 Å². The summed E-state index contributed by atoms with van der Waals surface area (Å²) in [6.07, 6.45) is 3.48. The second-order valence-electron chi connectivity index (χ2n) is 5.05. The molecular weight excluding hydrogens is 238 g/mol. The van der Waals surface area contributed by atoms with Crippen LogP contribution in [0.15, 0.2) is 24.5 Å². The number of nitrogens with two attached hydrogens (primary N) is 1. The van der Waals surface area contributed by atoms with Gasteiger partial charge in [0, 0.05) is 18.1 Å². The number of benzene rings is 1. The van der Waals surface area contributed by atoms with Crippen LogP contribution in [0.1, 0.15) is 36.5 Å². The van der Waals surface area contributed by atoms with Gasteiger partial charge in [0.15, 0.2) is 0 Å². The standard InChI is InChI=1S/C15H19N3O/c1-9(2)12-6-13(16)11(4)5-14(12)19-15-17-7-10(3)8-18-15/h5-9H,16H2,1-4H3. The van der Waals surface area contributed by atoms with E-state index in [2.05, 4.69) is 23.8 Å². The largest absolute Gasteiger partial charge is 0.424 e. The van der Waals surface area contributed by atoms with Gasteiger partial charge in [-0.3, -0.25) is 0 Å². The first-order chi connectivity index (χ1) is 8.97. The fraction of sp³-hybridized carbons (Fsp3) is 0.333. The van der Waals surface area contributed by atoms with Crippen LogP contribution in [0, 0.1) is 13.8 Å². The van der Waals surface area contributed by atoms with Gasteiger partial charge in [0.2, 0.25) is 0 Å². The van der Waals surface area contributed by atoms with E-state index in [0.717, 1.165) is 28.1 Å². The quantitative estimate of drug-likeness (QED) is 0.853. The van der Waals surface area contributed by atoms with Crippen LogP contribution in [-0.2, 0) is 0 Å². The second-order valence-corrected chi connectivity index (χ2v) is 5.05. The number of hydrogen-bond acceptors (Lipinski definition) is 4. The number of nitrogen functional groups attached to an aromatic ring is 1. The molecule has 0 aliphatic carbocycles. The molecule has 0 unspecified atom stereocenters. The van der Waals surface area contributed by atoms with E-state index >= 15 is 0 Å². The Bertz CT molecular complexity index is 577. The van der Waals surface area contributed by atoms with Crippen molar-refractivity contribution in [3.63, 3.8) is 0 Å². The van der Waals surface area contributed by atoms with Gasteiger partial charge in [-0.2, -0.15) is 0 Å². The first-order valence-corrected chi connectivity index (χ1v) is 6.34. The van der Waals surface area contributed by atoms with E-state index in [-0.39, 0.29) is 0 Å². The number of rotatable bonds is 3. The Morgan fingerprint density at radius 3 is 2.32 bits per heavy atom. The molecule has 0 saturated heterocycles. The van der Waals surface area contributed by atoms with Gasteiger partial charge in [-0.25, -0.2) is 9.97 Å². The van der Waals surface area contributed by atoms with Crippen molar-refractivity contribution >= 4 is 5.69 Å². The van der Waals surface area contributed by atoms with Crippen LogP contribution in [0.4, 0.5) is 5.69 Å². The molecule has 19 heavy (non-hydrogen) atoms. The average Bonchev–Trinajstić information content (AvgIpc) is 2.36. The Labute approximate surface area is 113 Å². The van der Waals surface area contributed by atoms with E-state index in [9.17, 15) is 0 Å². The smallest absolute Gasteiger partial charge is 0.321 e. The third-order valence-corrected chi connectivity index (χ3v) is 2.98. The summed E-state index contributed by atoms with van der Waals surface area (Å²) in [5.41, 5.74) is 9.79. The zero-order valence-electron chi connectivity index (χ0n) is 11.8. The molecule has 0 saturated carbocycles. The molecule has 0 atom stereocenters. The third kappa shape index (κ3) is 3.02. The number of hydrogen-bond donors (Lipinski definition) is 1. The highest BCUT2D eigenvalue weighted by Crippen LogP contribution is 2.32. The molecule has 4 heteroatoms. The Balaban J connectivity index is 2.38. The Morgan fingerprint density at radius 2 is 1.74 bits per heavy atom. The van der Waals surface area contributed by atoms with Gasteiger partial charge >= 0.3 is 6.01 Å². The molecule has 2 N–H and O–H groups in total. The zero-order valence-corrected chi connectivity index (χ0v) is 11.8. The van der Waals surface area contributed by atoms with Crippen LogP contribution in [0.5, 0.6) is 11.8 Å². The number of ether oxygens (including phenoxy) is 1. The lowest BCUT2D eigenvalue weighted by Crippen LogP contribution is -2.00. The lowest BCUT2D eigenvalue weighted by Gasteiger charge is -2.15. The van der Waals surface area contributed by atoms with Gasteiger partial charge in [-0.1, -0.05) is 13.8 Å². The Morgan fingerprint density at radius 1 is 1.11 bits per heavy atom. The van der Waals surface area contributed by atoms with Crippen LogP contribution in [0.3, 0.4) is 0 Å². The highest BCUT2D eigenvalue weighted by molar-refractivity contribution is 5.55. The monoisotopic (exact) mass is 257 g/mol. The molecule has 1 heterocycles. The van der Waals surface area contributed by atoms with Crippen LogP contribution in [0.25, 0.3) is 0 Å². The van der Waals surface area contributed by atoms with Crippen molar-refractivity contribution in [2.45, 2.75) is 33.6 Å². The molecule has 100 valence electrons. The maximum Gasteiger partial charge on any atom is 0.321 e. The topological polar surface area (TPSA) is 61.0 Å². The number of nitrogens with zero attached hydrogens (tertiary/aromatic N) is 2. The fourth-order valence-electron chi connectivity index (χ4n) is 1.79. The van der Waals surface area contributed by atoms with Crippen molar-refractivity contribution in [3.8, 4) is 11.8 Å². The summed E-state index contributed by atoms with van der Waals surface area (Å²) in [6.45, 7) is 8.11. The minimum Gasteiger partial charge on any atom is -0.424 e. The molecule has 4 nitrogen and oxygen atoms in total. The van der Waals surface area contributed by atoms with Gasteiger partial charge in [0.25, 0.3) is 0 Å². The number of anilines is 1. The van der Waals surface area contributed by atoms with Gasteiger partial charge in [-0.15, -0.1) is 0 Å². The average molecular weight is 257 g/mol. The molecular formula is C15H19N3O. The Hall–Kier alpha value is -2.10. The van der Waals surface area contributed by atoms with Crippen LogP contribution in [0.2, 0.25) is 0 Å². The summed E-state index contributed by atoms with van der Waals surface area (Å²) >= 11 is 0. The predicted molar refractivity (Wildman–Crippen MR) is 76.5 cm³/mol. The highest BCUT2D eigenvalue weighted by atomic mass is 16.5. The summed E-state index contributed by atoms with van der Waals surface area (Å²) in [7, 11) is 0. The summed E-state index contributed by atoms with van der Waals surface area (Å²) in [5.74, 6) is 1.09. The van der Waals surface area contributed by atoms with E-state index < -0.39 is 0 Å². The summed E-state index contributed by atoms with van der Waals surface area (Å²) in [4.78, 5) is 8.32. The summed E-state index contributed by atoms with van der Waals surface area (Å²) in [5, 5.41) is 0. The van der Waals surface area contributed by atoms with Crippen molar-refractivity contribution in [1.82, 2.24) is 9.97 Å². The second kappa shape index (κ2) is 5.26. The number of aryl methyl sites for hydroxylation is 2. The van der Waals surface area contributed by atoms with Gasteiger partial charge < -0.3 is 10.5 Å². The first kappa shape index (κ1) is 13.3. The normalized spacial score (nSPS) is 10.8. The van der Waals surface area contributed by atoms with Crippen molar-refractivity contribution in [2.24, 2.45) is 0 Å². The van der Waals surface area contributed by atoms with E-state index in [0.29, 0.717) is 11.9 Å². The molecule has 0 radical (unpaired) electrons. The molecule has 1 aromatic carbocycles. The molecule has 0 bridgehead atoms. The molecule has 0 aliphatic heterocycles. The molecule has 2 aromatic rings. The minimum atomic E-state index is 0.323. The first-order valence-electron chi connectivity index (χ1n) is 6.34. The SMILES string of the molecule is Cc1cnc(Oc2cc(C)c(N)cc2C(C)C)nc1. The third-order valence-electron chi connectivity index (χ3n) is 2.98. The predicted octanol–water partition coefficient (Wildman–Crippen LogP) is 3.59. The fourth-order valence-corrected chi connectivity index (χ4v) is 1.79. The van der Waals surface area contributed by atoms with Gasteiger partial charge in [-0.05, 0) is 48.6 Å². The molecule has 2 rings (SSSR count). The van der Waals surface area contributed by atoms with E-state index in [1.54, 1.807) is 12.4 Å². The van der Waals surface area contributed by atoms with E-state index in [1.165, 1.54) is 0 Å². The van der Waals surface area contributed by atoms with Crippen LogP contribution >= 0.6 is 0 Å². The maximum absolute atomic E-state index is 5.95. The highest BCUT2D eigenvalue weighted by Gasteiger charge is 2.12. The molecule has 0 amide bonds. The molecule has 0 spiro atoms. The molecule has 0 fully saturated rings. The minimum absolute atomic E-state index is 0.323. The summed E-state index contributed by atoms with van der Waals surface area (Å²) in [6, 6.07) is 4.26. The van der Waals surface area contributed by atoms with Crippen molar-refractivity contribution in [2.75, 3.05) is 5.73 Å². The van der Waals surface area contributed by atoms with Crippen molar-refractivity contribution < 1.29 is 4.74 Å². The summed E-state index contributed by atoms with van der Waals surface area (Å²) < 4.78 is 5.78. The number of aromatic nitrogens is 2. The molecule has 1 aromatic heterocycles. The van der Waals surface area contributed by atoms with Crippen LogP contribution < -0.4 is 10.5 Å². The van der Waals surface area contributed by atoms with E-state index in [4.69, 9.17) is 10.5 Å². The Kier molecular flexibility index (Phi) is 3.69. The van der Waals surface area contributed by atoms with Gasteiger partial charge in [0.05, 0.1) is 0 Å². The van der Waals surface area contributed by atoms with Crippen molar-refractivity contribution in [1.29, 1.82) is 0 Å². The van der Waals surface area contributed by atoms with Crippen molar-refractivity contribution in [3.05, 3.63) is 41.2 Å². The lowest BCUT2D eigenvalue weighted by molar-refractivity contribution is 0.433. The lowest BCUT2D eigenvalue weighted by atomic mass is 9.99.